The van der Waals surface area contributed by atoms with Gasteiger partial charge in [-0.25, -0.2) is 8.42 Å². The normalized spacial score (nSPS) is 10.8. The third kappa shape index (κ3) is 4.97. The van der Waals surface area contributed by atoms with Gasteiger partial charge in [0.1, 0.15) is 0 Å². The molecular weight excluding hydrogens is 330 g/mol. The zero-order valence-electron chi connectivity index (χ0n) is 14.7. The summed E-state index contributed by atoms with van der Waals surface area (Å²) in [6.45, 7) is 5.95. The highest BCUT2D eigenvalue weighted by Gasteiger charge is 2.22. The Morgan fingerprint density at radius 2 is 1.52 bits per heavy atom. The zero-order valence-corrected chi connectivity index (χ0v) is 15.5. The molecular formula is C21H21NO2S. The summed E-state index contributed by atoms with van der Waals surface area (Å²) in [5.74, 6) is 8.35. The smallest absolute Gasteiger partial charge is 0.207 e. The molecule has 0 bridgehead atoms. The average molecular weight is 351 g/mol. The van der Waals surface area contributed by atoms with Crippen LogP contribution in [0.25, 0.3) is 0 Å². The van der Waals surface area contributed by atoms with Crippen molar-refractivity contribution in [3.05, 3.63) is 64.7 Å². The zero-order chi connectivity index (χ0) is 18.4. The third-order valence-corrected chi connectivity index (χ3v) is 5.44. The third-order valence-electron chi connectivity index (χ3n) is 3.64. The molecule has 0 saturated heterocycles. The van der Waals surface area contributed by atoms with E-state index in [9.17, 15) is 8.42 Å². The average Bonchev–Trinajstić information content (AvgIpc) is 2.53. The Morgan fingerprint density at radius 1 is 0.920 bits per heavy atom. The first kappa shape index (κ1) is 18.8. The van der Waals surface area contributed by atoms with Gasteiger partial charge in [0, 0.05) is 5.56 Å². The second kappa shape index (κ2) is 8.03. The molecule has 3 nitrogen and oxygen atoms in total. The van der Waals surface area contributed by atoms with Crippen molar-refractivity contribution in [1.82, 2.24) is 4.31 Å². The van der Waals surface area contributed by atoms with Crippen LogP contribution in [0, 0.1) is 45.0 Å². The van der Waals surface area contributed by atoms with Crippen LogP contribution in [0.15, 0.2) is 47.4 Å². The number of hydrogen-bond donors (Lipinski definition) is 0. The van der Waals surface area contributed by atoms with Gasteiger partial charge in [-0.1, -0.05) is 41.5 Å². The van der Waals surface area contributed by atoms with Gasteiger partial charge >= 0.3 is 0 Å². The van der Waals surface area contributed by atoms with Crippen molar-refractivity contribution in [3.8, 4) is 24.2 Å². The molecule has 25 heavy (non-hydrogen) atoms. The Bertz CT molecular complexity index is 935. The van der Waals surface area contributed by atoms with Gasteiger partial charge in [-0.2, -0.15) is 4.31 Å². The van der Waals surface area contributed by atoms with E-state index in [2.05, 4.69) is 23.8 Å². The molecule has 0 aliphatic heterocycles. The molecule has 0 aromatic heterocycles. The van der Waals surface area contributed by atoms with Crippen molar-refractivity contribution in [1.29, 1.82) is 0 Å². The Balaban J connectivity index is 2.26. The molecule has 0 N–H and O–H groups in total. The van der Waals surface area contributed by atoms with E-state index in [1.807, 2.05) is 32.9 Å². The van der Waals surface area contributed by atoms with Gasteiger partial charge in [-0.05, 0) is 56.2 Å². The number of rotatable bonds is 4. The molecule has 128 valence electrons. The molecule has 0 fully saturated rings. The van der Waals surface area contributed by atoms with E-state index in [-0.39, 0.29) is 18.0 Å². The largest absolute Gasteiger partial charge is 0.244 e. The molecule has 0 saturated carbocycles. The van der Waals surface area contributed by atoms with Gasteiger partial charge in [0.25, 0.3) is 0 Å². The molecule has 0 heterocycles. The van der Waals surface area contributed by atoms with Gasteiger partial charge in [0.2, 0.25) is 10.0 Å². The fraction of sp³-hybridized carbons (Fsp3) is 0.238. The van der Waals surface area contributed by atoms with Crippen LogP contribution in [0.4, 0.5) is 0 Å². The predicted octanol–water partition coefficient (Wildman–Crippen LogP) is 3.29. The molecule has 4 heteroatoms. The molecule has 0 atom stereocenters. The standard InChI is InChI=1S/C21H21NO2S/c1-5-12-22(25(23,24)21-10-8-17(2)9-11-21)13-6-7-20-15-18(3)14-19(4)16-20/h1,8-11,14-16H,12-13H2,2-4H3. The summed E-state index contributed by atoms with van der Waals surface area (Å²) in [5.41, 5.74) is 4.11. The lowest BCUT2D eigenvalue weighted by Crippen LogP contribution is -2.32. The monoisotopic (exact) mass is 351 g/mol. The second-order valence-corrected chi connectivity index (χ2v) is 7.91. The number of hydrogen-bond acceptors (Lipinski definition) is 2. The second-order valence-electron chi connectivity index (χ2n) is 5.97. The van der Waals surface area contributed by atoms with Crippen LogP contribution in [0.5, 0.6) is 0 Å². The lowest BCUT2D eigenvalue weighted by molar-refractivity contribution is 0.482. The van der Waals surface area contributed by atoms with E-state index in [1.54, 1.807) is 24.3 Å². The van der Waals surface area contributed by atoms with Crippen molar-refractivity contribution in [2.45, 2.75) is 25.7 Å². The molecule has 0 aliphatic carbocycles. The van der Waals surface area contributed by atoms with Crippen LogP contribution in [-0.2, 0) is 10.0 Å². The number of nitrogens with zero attached hydrogens (tertiary/aromatic N) is 1. The maximum absolute atomic E-state index is 12.7. The minimum atomic E-state index is -3.66. The lowest BCUT2D eigenvalue weighted by atomic mass is 10.1. The van der Waals surface area contributed by atoms with Gasteiger partial charge < -0.3 is 0 Å². The highest BCUT2D eigenvalue weighted by Crippen LogP contribution is 2.16. The highest BCUT2D eigenvalue weighted by atomic mass is 32.2. The van der Waals surface area contributed by atoms with Crippen LogP contribution in [0.3, 0.4) is 0 Å². The number of sulfonamides is 1. The summed E-state index contributed by atoms with van der Waals surface area (Å²) in [4.78, 5) is 0.224. The Labute approximate surface area is 150 Å². The van der Waals surface area contributed by atoms with Crippen molar-refractivity contribution in [3.63, 3.8) is 0 Å². The minimum Gasteiger partial charge on any atom is -0.207 e. The van der Waals surface area contributed by atoms with Crippen LogP contribution >= 0.6 is 0 Å². The molecule has 0 aliphatic rings. The minimum absolute atomic E-state index is 0.0161. The Morgan fingerprint density at radius 3 is 2.08 bits per heavy atom. The first-order valence-corrected chi connectivity index (χ1v) is 9.34. The van der Waals surface area contributed by atoms with Gasteiger partial charge in [-0.3, -0.25) is 0 Å². The molecule has 0 radical (unpaired) electrons. The number of aryl methyl sites for hydroxylation is 3. The summed E-state index contributed by atoms with van der Waals surface area (Å²) >= 11 is 0. The van der Waals surface area contributed by atoms with E-state index in [0.717, 1.165) is 22.3 Å². The summed E-state index contributed by atoms with van der Waals surface area (Å²) in [5, 5.41) is 0. The Kier molecular flexibility index (Phi) is 6.04. The van der Waals surface area contributed by atoms with Crippen LogP contribution < -0.4 is 0 Å². The van der Waals surface area contributed by atoms with Gasteiger partial charge in [0.05, 0.1) is 18.0 Å². The molecule has 0 amide bonds. The summed E-state index contributed by atoms with van der Waals surface area (Å²) in [7, 11) is -3.66. The van der Waals surface area contributed by atoms with E-state index in [0.29, 0.717) is 0 Å². The van der Waals surface area contributed by atoms with Gasteiger partial charge in [0.15, 0.2) is 0 Å². The van der Waals surface area contributed by atoms with E-state index in [4.69, 9.17) is 6.42 Å². The summed E-state index contributed by atoms with van der Waals surface area (Å²) in [6, 6.07) is 12.7. The number of benzene rings is 2. The van der Waals surface area contributed by atoms with Crippen molar-refractivity contribution >= 4 is 10.0 Å². The predicted molar refractivity (Wildman–Crippen MR) is 102 cm³/mol. The summed E-state index contributed by atoms with van der Waals surface area (Å²) < 4.78 is 26.7. The molecule has 0 spiro atoms. The number of terminal acetylenes is 1. The molecule has 0 unspecified atom stereocenters. The first-order valence-electron chi connectivity index (χ1n) is 7.90. The van der Waals surface area contributed by atoms with Crippen LogP contribution in [0.2, 0.25) is 0 Å². The first-order chi connectivity index (χ1) is 11.8. The van der Waals surface area contributed by atoms with E-state index < -0.39 is 10.0 Å². The van der Waals surface area contributed by atoms with Gasteiger partial charge in [-0.15, -0.1) is 6.42 Å². The maximum Gasteiger partial charge on any atom is 0.244 e. The van der Waals surface area contributed by atoms with Crippen molar-refractivity contribution in [2.24, 2.45) is 0 Å². The molecule has 2 rings (SSSR count). The fourth-order valence-electron chi connectivity index (χ4n) is 2.46. The quantitative estimate of drug-likeness (QED) is 0.793. The highest BCUT2D eigenvalue weighted by molar-refractivity contribution is 7.89. The van der Waals surface area contributed by atoms with Crippen LogP contribution in [0.1, 0.15) is 22.3 Å². The Hall–Kier alpha value is -2.53. The fourth-order valence-corrected chi connectivity index (χ4v) is 3.72. The van der Waals surface area contributed by atoms with Crippen molar-refractivity contribution in [2.75, 3.05) is 13.1 Å². The van der Waals surface area contributed by atoms with Crippen LogP contribution in [-0.4, -0.2) is 25.8 Å². The summed E-state index contributed by atoms with van der Waals surface area (Å²) in [6.07, 6.45) is 5.35. The van der Waals surface area contributed by atoms with E-state index in [1.165, 1.54) is 4.31 Å². The SMILES string of the molecule is C#CCN(CC#Cc1cc(C)cc(C)c1)S(=O)(=O)c1ccc(C)cc1. The maximum atomic E-state index is 12.7. The molecule has 2 aromatic carbocycles. The topological polar surface area (TPSA) is 37.4 Å². The van der Waals surface area contributed by atoms with Crippen molar-refractivity contribution < 1.29 is 8.42 Å². The molecule has 2 aromatic rings. The van der Waals surface area contributed by atoms with E-state index >= 15 is 0 Å². The lowest BCUT2D eigenvalue weighted by Gasteiger charge is -2.17.